The van der Waals surface area contributed by atoms with Gasteiger partial charge < -0.3 is 31.7 Å². The number of ether oxygens (including phenoxy) is 1. The zero-order chi connectivity index (χ0) is 25.0. The molecule has 0 radical (unpaired) electrons. The molecule has 6 N–H and O–H groups in total. The number of anilines is 1. The summed E-state index contributed by atoms with van der Waals surface area (Å²) >= 11 is 0. The van der Waals surface area contributed by atoms with Gasteiger partial charge >= 0.3 is 6.09 Å². The number of para-hydroxylation sites is 1. The molecule has 0 saturated heterocycles. The van der Waals surface area contributed by atoms with E-state index in [2.05, 4.69) is 27.3 Å². The maximum atomic E-state index is 12.1. The van der Waals surface area contributed by atoms with Crippen LogP contribution in [0.2, 0.25) is 0 Å². The fourth-order valence-electron chi connectivity index (χ4n) is 4.20. The van der Waals surface area contributed by atoms with Crippen LogP contribution in [0, 0.1) is 0 Å². The lowest BCUT2D eigenvalue weighted by Crippen LogP contribution is -2.34. The lowest BCUT2D eigenvalue weighted by molar-refractivity contribution is -0.120. The zero-order valence-electron chi connectivity index (χ0n) is 20.7. The summed E-state index contributed by atoms with van der Waals surface area (Å²) in [5, 5.41) is 12.7. The Kier molecular flexibility index (Phi) is 9.98. The number of hydrogen-bond acceptors (Lipinski definition) is 7. The van der Waals surface area contributed by atoms with Gasteiger partial charge in [0.2, 0.25) is 0 Å². The number of benzene rings is 2. The van der Waals surface area contributed by atoms with Crippen LogP contribution >= 0.6 is 0 Å². The Morgan fingerprint density at radius 3 is 2.57 bits per heavy atom. The Bertz CT molecular complexity index is 1040. The first-order valence-electron chi connectivity index (χ1n) is 12.3. The molecule has 1 aliphatic rings. The first-order chi connectivity index (χ1) is 17.0. The fourth-order valence-corrected chi connectivity index (χ4v) is 4.20. The summed E-state index contributed by atoms with van der Waals surface area (Å²) in [5.41, 5.74) is 12.2. The average Bonchev–Trinajstić information content (AvgIpc) is 2.88. The highest BCUT2D eigenvalue weighted by Crippen LogP contribution is 2.31. The van der Waals surface area contributed by atoms with Gasteiger partial charge in [0, 0.05) is 42.9 Å². The van der Waals surface area contributed by atoms with Gasteiger partial charge in [0.25, 0.3) is 0 Å². The quantitative estimate of drug-likeness (QED) is 0.296. The minimum absolute atomic E-state index is 0.111. The van der Waals surface area contributed by atoms with Crippen LogP contribution in [0.3, 0.4) is 0 Å². The summed E-state index contributed by atoms with van der Waals surface area (Å²) in [7, 11) is 1.80. The number of carbonyl (C=O) groups is 2. The number of fused-ring (bicyclic) bond motifs is 2. The van der Waals surface area contributed by atoms with Crippen LogP contribution in [0.15, 0.2) is 48.5 Å². The van der Waals surface area contributed by atoms with Crippen molar-refractivity contribution in [2.75, 3.05) is 32.1 Å². The standard InChI is InChI=1S/C27H37N5O3/c1-3-24(33)23(29-2)14-8-9-15-31-27(34)35-17-16-30-26-21-12-6-7-13-22(21)32-18-19-10-4-5-11-20(19)25(26)28/h4-7,10-13,23,29-30,32H,3,8-9,14-18,28H2,1-2H3,(H,31,34)/b26-25-. The van der Waals surface area contributed by atoms with Crippen LogP contribution < -0.4 is 27.0 Å². The molecule has 188 valence electrons. The van der Waals surface area contributed by atoms with Gasteiger partial charge in [-0.1, -0.05) is 49.4 Å². The molecule has 2 aromatic rings. The van der Waals surface area contributed by atoms with E-state index in [9.17, 15) is 9.59 Å². The molecule has 0 saturated carbocycles. The molecule has 1 unspecified atom stereocenters. The molecule has 0 spiro atoms. The van der Waals surface area contributed by atoms with Crippen LogP contribution in [-0.4, -0.2) is 44.7 Å². The van der Waals surface area contributed by atoms with E-state index in [1.165, 1.54) is 0 Å². The van der Waals surface area contributed by atoms with Crippen molar-refractivity contribution in [3.8, 4) is 0 Å². The van der Waals surface area contributed by atoms with Crippen molar-refractivity contribution < 1.29 is 14.3 Å². The highest BCUT2D eigenvalue weighted by atomic mass is 16.5. The van der Waals surface area contributed by atoms with Crippen molar-refractivity contribution in [2.24, 2.45) is 5.73 Å². The third kappa shape index (κ3) is 7.23. The molecule has 8 nitrogen and oxygen atoms in total. The average molecular weight is 480 g/mol. The van der Waals surface area contributed by atoms with Crippen molar-refractivity contribution in [3.63, 3.8) is 0 Å². The Hall–Kier alpha value is -3.52. The smallest absolute Gasteiger partial charge is 0.407 e. The second-order valence-corrected chi connectivity index (χ2v) is 8.49. The number of alkyl carbamates (subject to hydrolysis) is 1. The van der Waals surface area contributed by atoms with Crippen LogP contribution in [0.4, 0.5) is 10.5 Å². The number of likely N-dealkylation sites (N-methyl/N-ethyl adjacent to an activating group) is 1. The summed E-state index contributed by atoms with van der Waals surface area (Å²) in [6, 6.07) is 16.0. The highest BCUT2D eigenvalue weighted by molar-refractivity contribution is 5.93. The predicted molar refractivity (Wildman–Crippen MR) is 141 cm³/mol. The molecule has 8 heteroatoms. The second kappa shape index (κ2) is 13.4. The molecule has 3 rings (SSSR count). The molecule has 35 heavy (non-hydrogen) atoms. The third-order valence-corrected chi connectivity index (χ3v) is 6.15. The number of ketones is 1. The molecular weight excluding hydrogens is 442 g/mol. The predicted octanol–water partition coefficient (Wildman–Crippen LogP) is 3.45. The number of nitrogens with one attached hydrogen (secondary N) is 4. The minimum Gasteiger partial charge on any atom is -0.448 e. The monoisotopic (exact) mass is 479 g/mol. The lowest BCUT2D eigenvalue weighted by atomic mass is 9.97. The normalized spacial score (nSPS) is 15.5. The van der Waals surface area contributed by atoms with Crippen LogP contribution in [-0.2, 0) is 16.1 Å². The largest absolute Gasteiger partial charge is 0.448 e. The fraction of sp³-hybridized carbons (Fsp3) is 0.407. The summed E-state index contributed by atoms with van der Waals surface area (Å²) in [6.45, 7) is 3.69. The van der Waals surface area contributed by atoms with E-state index in [4.69, 9.17) is 10.5 Å². The molecule has 0 aromatic heterocycles. The molecule has 1 aliphatic heterocycles. The van der Waals surface area contributed by atoms with E-state index in [0.717, 1.165) is 47.3 Å². The number of hydrogen-bond donors (Lipinski definition) is 5. The number of unbranched alkanes of at least 4 members (excludes halogenated alkanes) is 1. The first kappa shape index (κ1) is 26.1. The number of amides is 1. The zero-order valence-corrected chi connectivity index (χ0v) is 20.7. The topological polar surface area (TPSA) is 118 Å². The number of rotatable bonds is 12. The van der Waals surface area contributed by atoms with Crippen LogP contribution in [0.5, 0.6) is 0 Å². The Morgan fingerprint density at radius 2 is 1.80 bits per heavy atom. The summed E-state index contributed by atoms with van der Waals surface area (Å²) < 4.78 is 5.33. The molecule has 2 aromatic carbocycles. The summed E-state index contributed by atoms with van der Waals surface area (Å²) in [5.74, 6) is 0.217. The molecule has 0 bridgehead atoms. The maximum absolute atomic E-state index is 12.1. The Labute approximate surface area is 207 Å². The Morgan fingerprint density at radius 1 is 1.06 bits per heavy atom. The molecule has 1 heterocycles. The van der Waals surface area contributed by atoms with Crippen molar-refractivity contribution in [2.45, 2.75) is 45.2 Å². The first-order valence-corrected chi connectivity index (χ1v) is 12.3. The van der Waals surface area contributed by atoms with E-state index < -0.39 is 6.09 Å². The van der Waals surface area contributed by atoms with Gasteiger partial charge in [-0.2, -0.15) is 0 Å². The van der Waals surface area contributed by atoms with Gasteiger partial charge in [-0.15, -0.1) is 0 Å². The van der Waals surface area contributed by atoms with E-state index in [1.54, 1.807) is 7.05 Å². The van der Waals surface area contributed by atoms with Gasteiger partial charge in [-0.25, -0.2) is 4.79 Å². The van der Waals surface area contributed by atoms with Gasteiger partial charge in [0.15, 0.2) is 0 Å². The van der Waals surface area contributed by atoms with Gasteiger partial charge in [0.05, 0.1) is 17.4 Å². The molecule has 1 amide bonds. The van der Waals surface area contributed by atoms with Crippen molar-refractivity contribution in [1.82, 2.24) is 16.0 Å². The third-order valence-electron chi connectivity index (χ3n) is 6.15. The van der Waals surface area contributed by atoms with Gasteiger partial charge in [-0.3, -0.25) is 4.79 Å². The van der Waals surface area contributed by atoms with E-state index in [-0.39, 0.29) is 18.4 Å². The molecule has 1 atom stereocenters. The second-order valence-electron chi connectivity index (χ2n) is 8.49. The van der Waals surface area contributed by atoms with Crippen LogP contribution in [0.25, 0.3) is 11.4 Å². The molecule has 0 fully saturated rings. The van der Waals surface area contributed by atoms with Crippen molar-refractivity contribution in [3.05, 3.63) is 65.2 Å². The minimum atomic E-state index is -0.450. The van der Waals surface area contributed by atoms with Crippen molar-refractivity contribution >= 4 is 29.0 Å². The van der Waals surface area contributed by atoms with E-state index in [1.807, 2.05) is 49.4 Å². The summed E-state index contributed by atoms with van der Waals surface area (Å²) in [6.07, 6.45) is 2.48. The Balaban J connectivity index is 1.48. The number of nitrogens with two attached hydrogens (primary N) is 1. The number of Topliss-reactive ketones (excluding diaryl/α,β-unsaturated/α-hetero) is 1. The van der Waals surface area contributed by atoms with Crippen LogP contribution in [0.1, 0.15) is 49.3 Å². The number of carbonyl (C=O) groups excluding carboxylic acids is 2. The maximum Gasteiger partial charge on any atom is 0.407 e. The lowest BCUT2D eigenvalue weighted by Gasteiger charge is -2.23. The SMILES string of the molecule is CCC(=O)C(CCCCNC(=O)OCCN/C1=C(\N)c2ccccc2CNc2ccccc21)NC. The van der Waals surface area contributed by atoms with E-state index >= 15 is 0 Å². The van der Waals surface area contributed by atoms with Crippen molar-refractivity contribution in [1.29, 1.82) is 0 Å². The highest BCUT2D eigenvalue weighted by Gasteiger charge is 2.18. The van der Waals surface area contributed by atoms with Gasteiger partial charge in [0.1, 0.15) is 12.4 Å². The van der Waals surface area contributed by atoms with E-state index in [0.29, 0.717) is 31.8 Å². The van der Waals surface area contributed by atoms with Gasteiger partial charge in [-0.05, 0) is 37.9 Å². The molecular formula is C27H37N5O3. The molecule has 0 aliphatic carbocycles. The summed E-state index contributed by atoms with van der Waals surface area (Å²) in [4.78, 5) is 23.8.